The third-order valence-corrected chi connectivity index (χ3v) is 4.27. The van der Waals surface area contributed by atoms with Crippen molar-refractivity contribution >= 4 is 35.3 Å². The van der Waals surface area contributed by atoms with Crippen molar-refractivity contribution in [3.8, 4) is 0 Å². The second-order valence-corrected chi connectivity index (χ2v) is 5.61. The highest BCUT2D eigenvalue weighted by Crippen LogP contribution is 2.20. The monoisotopic (exact) mass is 293 g/mol. The number of thioether (sulfide) groups is 1. The van der Waals surface area contributed by atoms with Gasteiger partial charge in [0.15, 0.2) is 0 Å². The number of hydrogen-bond acceptors (Lipinski definition) is 4. The van der Waals surface area contributed by atoms with E-state index in [4.69, 9.17) is 0 Å². The lowest BCUT2D eigenvalue weighted by molar-refractivity contribution is -0.133. The van der Waals surface area contributed by atoms with Crippen LogP contribution < -0.4 is 10.6 Å². The van der Waals surface area contributed by atoms with Crippen molar-refractivity contribution in [3.63, 3.8) is 0 Å². The Hall–Kier alpha value is -0.460. The summed E-state index contributed by atoms with van der Waals surface area (Å²) in [5.41, 5.74) is 0. The molecule has 18 heavy (non-hydrogen) atoms. The van der Waals surface area contributed by atoms with Crippen LogP contribution in [0, 0.1) is 5.92 Å². The second kappa shape index (κ2) is 7.21. The summed E-state index contributed by atoms with van der Waals surface area (Å²) < 4.78 is 0. The Bertz CT molecular complexity index is 309. The molecule has 2 fully saturated rings. The Morgan fingerprint density at radius 2 is 2.17 bits per heavy atom. The first-order chi connectivity index (χ1) is 8.20. The van der Waals surface area contributed by atoms with Gasteiger partial charge in [-0.25, -0.2) is 0 Å². The highest BCUT2D eigenvalue weighted by molar-refractivity contribution is 8.14. The highest BCUT2D eigenvalue weighted by atomic mass is 35.5. The average molecular weight is 294 g/mol. The molecule has 7 heteroatoms. The first kappa shape index (κ1) is 15.6. The molecular weight excluding hydrogens is 274 g/mol. The van der Waals surface area contributed by atoms with E-state index in [2.05, 4.69) is 10.6 Å². The number of halogens is 1. The predicted molar refractivity (Wildman–Crippen MR) is 75.3 cm³/mol. The molecule has 2 saturated heterocycles. The van der Waals surface area contributed by atoms with Gasteiger partial charge in [-0.3, -0.25) is 9.59 Å². The van der Waals surface area contributed by atoms with Crippen molar-refractivity contribution in [2.75, 3.05) is 32.4 Å². The molecule has 0 spiro atoms. The van der Waals surface area contributed by atoms with Crippen LogP contribution in [0.25, 0.3) is 0 Å². The van der Waals surface area contributed by atoms with Gasteiger partial charge >= 0.3 is 0 Å². The van der Waals surface area contributed by atoms with Crippen molar-refractivity contribution in [2.45, 2.75) is 18.9 Å². The molecule has 0 aromatic rings. The highest BCUT2D eigenvalue weighted by Gasteiger charge is 2.32. The van der Waals surface area contributed by atoms with E-state index in [1.165, 1.54) is 11.8 Å². The van der Waals surface area contributed by atoms with Crippen LogP contribution in [0.15, 0.2) is 0 Å². The topological polar surface area (TPSA) is 61.4 Å². The van der Waals surface area contributed by atoms with Crippen LogP contribution in [-0.2, 0) is 4.79 Å². The summed E-state index contributed by atoms with van der Waals surface area (Å²) in [6, 6.07) is -0.298. The molecule has 0 aromatic heterocycles. The summed E-state index contributed by atoms with van der Waals surface area (Å²) in [7, 11) is 1.96. The van der Waals surface area contributed by atoms with E-state index in [1.54, 1.807) is 0 Å². The molecule has 104 valence electrons. The average Bonchev–Trinajstić information content (AvgIpc) is 2.76. The molecule has 0 bridgehead atoms. The lowest BCUT2D eigenvalue weighted by atomic mass is 9.96. The standard InChI is InChI=1S/C11H19N3O2S.ClH/c1-12-6-8-2-4-14(5-3-8)10(15)9-7-17-11(16)13-9;/h8-9,12H,2-7H2,1H3,(H,13,16);1H/t9-;/m0./s1. The maximum Gasteiger partial charge on any atom is 0.279 e. The lowest BCUT2D eigenvalue weighted by Gasteiger charge is -2.33. The van der Waals surface area contributed by atoms with Crippen LogP contribution in [-0.4, -0.2) is 54.5 Å². The molecule has 0 aliphatic carbocycles. The quantitative estimate of drug-likeness (QED) is 0.804. The van der Waals surface area contributed by atoms with Gasteiger partial charge in [0.25, 0.3) is 5.24 Å². The Kier molecular flexibility index (Phi) is 6.25. The Labute approximate surface area is 118 Å². The molecule has 5 nitrogen and oxygen atoms in total. The minimum absolute atomic E-state index is 0. The molecule has 2 N–H and O–H groups in total. The van der Waals surface area contributed by atoms with Crippen LogP contribution in [0.5, 0.6) is 0 Å². The van der Waals surface area contributed by atoms with Crippen molar-refractivity contribution in [1.82, 2.24) is 15.5 Å². The molecular formula is C11H20ClN3O2S. The summed E-state index contributed by atoms with van der Waals surface area (Å²) in [5.74, 6) is 1.34. The molecule has 0 unspecified atom stereocenters. The summed E-state index contributed by atoms with van der Waals surface area (Å²) >= 11 is 1.20. The largest absolute Gasteiger partial charge is 0.341 e. The lowest BCUT2D eigenvalue weighted by Crippen LogP contribution is -2.49. The Morgan fingerprint density at radius 1 is 1.50 bits per heavy atom. The summed E-state index contributed by atoms with van der Waals surface area (Å²) in [4.78, 5) is 25.0. The number of carbonyl (C=O) groups excluding carboxylic acids is 2. The van der Waals surface area contributed by atoms with Gasteiger partial charge in [-0.15, -0.1) is 12.4 Å². The van der Waals surface area contributed by atoms with Crippen molar-refractivity contribution in [1.29, 1.82) is 0 Å². The first-order valence-electron chi connectivity index (χ1n) is 6.07. The minimum atomic E-state index is -0.298. The molecule has 2 heterocycles. The van der Waals surface area contributed by atoms with Crippen LogP contribution in [0.4, 0.5) is 4.79 Å². The van der Waals surface area contributed by atoms with Gasteiger partial charge in [0, 0.05) is 18.8 Å². The number of carbonyl (C=O) groups is 2. The van der Waals surface area contributed by atoms with Crippen LogP contribution >= 0.6 is 24.2 Å². The fourth-order valence-corrected chi connectivity index (χ4v) is 3.15. The maximum absolute atomic E-state index is 12.1. The van der Waals surface area contributed by atoms with Gasteiger partial charge in [0.05, 0.1) is 0 Å². The van der Waals surface area contributed by atoms with Crippen molar-refractivity contribution < 1.29 is 9.59 Å². The fourth-order valence-electron chi connectivity index (χ4n) is 2.38. The normalized spacial score (nSPS) is 24.6. The number of piperidine rings is 1. The molecule has 0 saturated carbocycles. The van der Waals surface area contributed by atoms with E-state index in [9.17, 15) is 9.59 Å². The van der Waals surface area contributed by atoms with E-state index in [0.717, 1.165) is 32.5 Å². The van der Waals surface area contributed by atoms with Gasteiger partial charge in [0.1, 0.15) is 6.04 Å². The summed E-state index contributed by atoms with van der Waals surface area (Å²) in [6.07, 6.45) is 2.11. The predicted octanol–water partition coefficient (Wildman–Crippen LogP) is 0.691. The zero-order chi connectivity index (χ0) is 12.3. The van der Waals surface area contributed by atoms with E-state index < -0.39 is 0 Å². The Morgan fingerprint density at radius 3 is 2.67 bits per heavy atom. The second-order valence-electron chi connectivity index (χ2n) is 4.62. The molecule has 2 aliphatic heterocycles. The van der Waals surface area contributed by atoms with E-state index in [0.29, 0.717) is 11.7 Å². The van der Waals surface area contributed by atoms with Gasteiger partial charge in [-0.2, -0.15) is 0 Å². The zero-order valence-corrected chi connectivity index (χ0v) is 12.1. The fraction of sp³-hybridized carbons (Fsp3) is 0.818. The maximum atomic E-state index is 12.1. The molecule has 0 radical (unpaired) electrons. The summed E-state index contributed by atoms with van der Waals surface area (Å²) in [5, 5.41) is 5.81. The van der Waals surface area contributed by atoms with E-state index in [-0.39, 0.29) is 29.6 Å². The van der Waals surface area contributed by atoms with Crippen molar-refractivity contribution in [3.05, 3.63) is 0 Å². The number of nitrogens with one attached hydrogen (secondary N) is 2. The van der Waals surface area contributed by atoms with Crippen LogP contribution in [0.2, 0.25) is 0 Å². The third kappa shape index (κ3) is 3.76. The third-order valence-electron chi connectivity index (χ3n) is 3.39. The van der Waals surface area contributed by atoms with Crippen LogP contribution in [0.3, 0.4) is 0 Å². The van der Waals surface area contributed by atoms with E-state index >= 15 is 0 Å². The molecule has 2 rings (SSSR count). The first-order valence-corrected chi connectivity index (χ1v) is 7.06. The van der Waals surface area contributed by atoms with Gasteiger partial charge < -0.3 is 15.5 Å². The number of amides is 2. The van der Waals surface area contributed by atoms with Gasteiger partial charge in [-0.05, 0) is 32.4 Å². The molecule has 2 amide bonds. The molecule has 1 atom stereocenters. The number of nitrogens with zero attached hydrogens (tertiary/aromatic N) is 1. The number of rotatable bonds is 3. The van der Waals surface area contributed by atoms with Crippen LogP contribution in [0.1, 0.15) is 12.8 Å². The molecule has 0 aromatic carbocycles. The van der Waals surface area contributed by atoms with Gasteiger partial charge in [-0.1, -0.05) is 11.8 Å². The number of hydrogen-bond donors (Lipinski definition) is 2. The summed E-state index contributed by atoms with van der Waals surface area (Å²) in [6.45, 7) is 2.67. The smallest absolute Gasteiger partial charge is 0.279 e. The number of likely N-dealkylation sites (tertiary alicyclic amines) is 1. The zero-order valence-electron chi connectivity index (χ0n) is 10.5. The van der Waals surface area contributed by atoms with Crippen molar-refractivity contribution in [2.24, 2.45) is 5.92 Å². The Balaban J connectivity index is 0.00000162. The van der Waals surface area contributed by atoms with Gasteiger partial charge in [0.2, 0.25) is 5.91 Å². The molecule has 2 aliphatic rings. The SMILES string of the molecule is CNCC1CCN(C(=O)[C@@H]2CSC(=O)N2)CC1.Cl. The van der Waals surface area contributed by atoms with E-state index in [1.807, 2.05) is 11.9 Å². The minimum Gasteiger partial charge on any atom is -0.341 e.